The van der Waals surface area contributed by atoms with Gasteiger partial charge in [0.2, 0.25) is 0 Å². The molecule has 1 aliphatic heterocycles. The number of piperidine rings is 1. The molecule has 14 heteroatoms. The number of nitrogens with two attached hydrogens (primary N) is 1. The number of hydrogen-bond donors (Lipinski definition) is 3. The summed E-state index contributed by atoms with van der Waals surface area (Å²) >= 11 is 4.72. The second kappa shape index (κ2) is 14.0. The maximum absolute atomic E-state index is 12.7. The monoisotopic (exact) mass is 614 g/mol. The maximum Gasteiger partial charge on any atom is 0.490 e. The molecule has 40 heavy (non-hydrogen) atoms. The Labute approximate surface area is 241 Å². The Kier molecular flexibility index (Phi) is 11.0. The highest BCUT2D eigenvalue weighted by Gasteiger charge is 2.38. The number of hydrogen-bond acceptors (Lipinski definition) is 8. The Bertz CT molecular complexity index is 1340. The van der Waals surface area contributed by atoms with E-state index in [1.807, 2.05) is 46.9 Å². The zero-order valence-electron chi connectivity index (χ0n) is 21.8. The summed E-state index contributed by atoms with van der Waals surface area (Å²) < 4.78 is 38.7. The van der Waals surface area contributed by atoms with E-state index in [9.17, 15) is 18.0 Å². The molecule has 0 bridgehead atoms. The number of carbonyl (C=O) groups is 2. The summed E-state index contributed by atoms with van der Waals surface area (Å²) in [5, 5.41) is 17.8. The summed E-state index contributed by atoms with van der Waals surface area (Å²) in [5.41, 5.74) is 8.50. The van der Waals surface area contributed by atoms with Crippen molar-refractivity contribution in [2.75, 3.05) is 19.4 Å². The topological polar surface area (TPSA) is 130 Å². The van der Waals surface area contributed by atoms with E-state index in [0.717, 1.165) is 56.7 Å². The third-order valence-electron chi connectivity index (χ3n) is 6.04. The molecule has 1 atom stereocenters. The lowest BCUT2D eigenvalue weighted by molar-refractivity contribution is -0.192. The van der Waals surface area contributed by atoms with Gasteiger partial charge in [-0.3, -0.25) is 10.2 Å². The van der Waals surface area contributed by atoms with E-state index >= 15 is 0 Å². The van der Waals surface area contributed by atoms with Crippen LogP contribution >= 0.6 is 34.4 Å². The van der Waals surface area contributed by atoms with Crippen molar-refractivity contribution < 1.29 is 32.6 Å². The summed E-state index contributed by atoms with van der Waals surface area (Å²) in [6.07, 6.45) is 1.27. The van der Waals surface area contributed by atoms with E-state index in [1.54, 1.807) is 23.1 Å². The van der Waals surface area contributed by atoms with Gasteiger partial charge < -0.3 is 20.5 Å². The molecule has 1 saturated heterocycles. The fourth-order valence-electron chi connectivity index (χ4n) is 4.06. The normalized spacial score (nSPS) is 15.2. The molecular weight excluding hydrogens is 586 g/mol. The van der Waals surface area contributed by atoms with Gasteiger partial charge in [0.1, 0.15) is 16.6 Å². The minimum atomic E-state index is -5.08. The first-order valence-electron chi connectivity index (χ1n) is 12.3. The van der Waals surface area contributed by atoms with Gasteiger partial charge >= 0.3 is 12.1 Å². The van der Waals surface area contributed by atoms with Crippen molar-refractivity contribution in [1.82, 2.24) is 9.88 Å². The van der Waals surface area contributed by atoms with Crippen molar-refractivity contribution in [3.05, 3.63) is 40.6 Å². The number of amides is 1. The summed E-state index contributed by atoms with van der Waals surface area (Å²) in [4.78, 5) is 29.2. The van der Waals surface area contributed by atoms with Crippen molar-refractivity contribution in [3.8, 4) is 27.6 Å². The number of likely N-dealkylation sites (tertiary alicyclic amines) is 1. The Balaban J connectivity index is 0.000000559. The summed E-state index contributed by atoms with van der Waals surface area (Å²) in [5.74, 6) is -1.95. The Morgan fingerprint density at radius 2 is 2.02 bits per heavy atom. The molecule has 3 heterocycles. The van der Waals surface area contributed by atoms with Gasteiger partial charge in [0.05, 0.1) is 14.8 Å². The van der Waals surface area contributed by atoms with Gasteiger partial charge in [-0.05, 0) is 50.1 Å². The number of carbonyl (C=O) groups excluding carboxylic acids is 1. The molecule has 8 nitrogen and oxygen atoms in total. The van der Waals surface area contributed by atoms with E-state index in [4.69, 9.17) is 30.8 Å². The van der Waals surface area contributed by atoms with E-state index in [0.29, 0.717) is 11.8 Å². The highest BCUT2D eigenvalue weighted by atomic mass is 32.2. The molecule has 216 valence electrons. The van der Waals surface area contributed by atoms with Crippen LogP contribution in [-0.2, 0) is 9.59 Å². The third kappa shape index (κ3) is 8.21. The molecule has 2 aromatic heterocycles. The fourth-order valence-corrected chi connectivity index (χ4v) is 6.77. The smallest absolute Gasteiger partial charge is 0.484 e. The predicted octanol–water partition coefficient (Wildman–Crippen LogP) is 6.35. The number of benzene rings is 1. The molecule has 0 aliphatic carbocycles. The number of carboxylic acids is 1. The van der Waals surface area contributed by atoms with Crippen LogP contribution in [0.2, 0.25) is 0 Å². The molecule has 0 spiro atoms. The molecule has 0 saturated carbocycles. The summed E-state index contributed by atoms with van der Waals surface area (Å²) in [7, 11) is 0. The molecule has 1 fully saturated rings. The summed E-state index contributed by atoms with van der Waals surface area (Å²) in [6.45, 7) is 3.03. The number of ether oxygens (including phenoxy) is 1. The number of amidine groups is 1. The molecular formula is C26H29F3N4O4S3. The molecule has 4 rings (SSSR count). The van der Waals surface area contributed by atoms with Crippen LogP contribution in [0.5, 0.6) is 5.75 Å². The Morgan fingerprint density at radius 1 is 1.30 bits per heavy atom. The molecule has 1 aromatic carbocycles. The van der Waals surface area contributed by atoms with E-state index in [2.05, 4.69) is 6.92 Å². The highest BCUT2D eigenvalue weighted by molar-refractivity contribution is 8.00. The van der Waals surface area contributed by atoms with Crippen molar-refractivity contribution in [1.29, 1.82) is 5.41 Å². The number of thiazole rings is 1. The first-order valence-corrected chi connectivity index (χ1v) is 15.2. The number of aliphatic carboxylic acids is 1. The molecule has 1 unspecified atom stereocenters. The first kappa shape index (κ1) is 31.4. The number of thioether (sulfide) groups is 1. The van der Waals surface area contributed by atoms with Crippen LogP contribution in [0.4, 0.5) is 13.2 Å². The van der Waals surface area contributed by atoms with E-state index < -0.39 is 12.1 Å². The highest BCUT2D eigenvalue weighted by Crippen LogP contribution is 2.40. The van der Waals surface area contributed by atoms with Gasteiger partial charge in [0.25, 0.3) is 5.91 Å². The Hall–Kier alpha value is -3.10. The van der Waals surface area contributed by atoms with Gasteiger partial charge in [0, 0.05) is 29.1 Å². The lowest BCUT2D eigenvalue weighted by Gasteiger charge is -2.35. The van der Waals surface area contributed by atoms with Crippen LogP contribution in [0.15, 0.2) is 39.9 Å². The van der Waals surface area contributed by atoms with Crippen LogP contribution in [0.3, 0.4) is 0 Å². The Morgan fingerprint density at radius 3 is 2.65 bits per heavy atom. The largest absolute Gasteiger partial charge is 0.490 e. The average Bonchev–Trinajstić information content (AvgIpc) is 3.59. The fraction of sp³-hybridized carbons (Fsp3) is 0.385. The average molecular weight is 615 g/mol. The van der Waals surface area contributed by atoms with Gasteiger partial charge in [0.15, 0.2) is 6.61 Å². The number of aromatic nitrogens is 1. The summed E-state index contributed by atoms with van der Waals surface area (Å²) in [6, 6.07) is 10.0. The van der Waals surface area contributed by atoms with Crippen LogP contribution in [-0.4, -0.2) is 64.3 Å². The van der Waals surface area contributed by atoms with Crippen molar-refractivity contribution >= 4 is 52.1 Å². The SMILES string of the molecule is CCC1CCCCN1C(=O)COc1cccc(-c2csc(-c3cc(C(=N)N)sc3SC)n2)c1.O=C(O)C(F)(F)F. The second-order valence-corrected chi connectivity index (χ2v) is 11.7. The maximum atomic E-state index is 12.7. The van der Waals surface area contributed by atoms with E-state index in [1.165, 1.54) is 17.8 Å². The van der Waals surface area contributed by atoms with Crippen LogP contribution in [0.1, 0.15) is 37.5 Å². The second-order valence-electron chi connectivity index (χ2n) is 8.73. The number of rotatable bonds is 8. The molecule has 3 aromatic rings. The predicted molar refractivity (Wildman–Crippen MR) is 152 cm³/mol. The lowest BCUT2D eigenvalue weighted by Crippen LogP contribution is -2.45. The lowest BCUT2D eigenvalue weighted by atomic mass is 10.00. The van der Waals surface area contributed by atoms with Crippen LogP contribution < -0.4 is 10.5 Å². The van der Waals surface area contributed by atoms with Gasteiger partial charge in [-0.2, -0.15) is 13.2 Å². The van der Waals surface area contributed by atoms with E-state index in [-0.39, 0.29) is 18.3 Å². The molecule has 1 amide bonds. The van der Waals surface area contributed by atoms with Crippen molar-refractivity contribution in [3.63, 3.8) is 0 Å². The van der Waals surface area contributed by atoms with Crippen LogP contribution in [0.25, 0.3) is 21.8 Å². The minimum Gasteiger partial charge on any atom is -0.484 e. The molecule has 0 radical (unpaired) electrons. The van der Waals surface area contributed by atoms with Crippen molar-refractivity contribution in [2.45, 2.75) is 49.0 Å². The number of nitrogens with zero attached hydrogens (tertiary/aromatic N) is 2. The number of nitrogen functional groups attached to an aromatic ring is 1. The molecule has 1 aliphatic rings. The van der Waals surface area contributed by atoms with Crippen LogP contribution in [0, 0.1) is 5.41 Å². The zero-order valence-corrected chi connectivity index (χ0v) is 24.2. The minimum absolute atomic E-state index is 0.0576. The third-order valence-corrected chi connectivity index (χ3v) is 9.22. The first-order chi connectivity index (χ1) is 18.9. The quantitative estimate of drug-likeness (QED) is 0.153. The molecule has 4 N–H and O–H groups in total. The van der Waals surface area contributed by atoms with Gasteiger partial charge in [-0.1, -0.05) is 19.1 Å². The number of nitrogens with one attached hydrogen (secondary N) is 1. The standard InChI is InChI=1S/C24H28N4O2S3.C2HF3O2/c1-3-16-8-4-5-10-28(16)21(29)13-30-17-9-6-7-15(11-17)19-14-32-23(27-19)18-12-20(22(25)26)33-24(18)31-2;3-2(4,5)1(6)7/h6-7,9,11-12,14,16H,3-5,8,10,13H2,1-2H3,(H3,25,26);(H,6,7). The number of carboxylic acid groups (broad SMARTS) is 1. The number of halogens is 3. The zero-order chi connectivity index (χ0) is 29.4. The van der Waals surface area contributed by atoms with Gasteiger partial charge in [-0.25, -0.2) is 9.78 Å². The van der Waals surface area contributed by atoms with Gasteiger partial charge in [-0.15, -0.1) is 34.4 Å². The number of alkyl halides is 3. The number of thiophene rings is 1. The van der Waals surface area contributed by atoms with Crippen molar-refractivity contribution in [2.24, 2.45) is 5.73 Å².